The van der Waals surface area contributed by atoms with Gasteiger partial charge in [0, 0.05) is 18.1 Å². The molecule has 2 heterocycles. The summed E-state index contributed by atoms with van der Waals surface area (Å²) < 4.78 is 39.0. The van der Waals surface area contributed by atoms with Crippen LogP contribution in [-0.2, 0) is 6.18 Å². The van der Waals surface area contributed by atoms with Crippen molar-refractivity contribution < 1.29 is 18.0 Å². The first kappa shape index (κ1) is 15.4. The standard InChI is InChI=1S/C15H9ClF3N3O/c16-10-3-6-13-21-12(8-22(13)7-10)14(23)20-11-4-1-9(2-5-11)15(17,18)19/h1-8H,(H,20,23). The molecule has 1 N–H and O–H groups in total. The zero-order valence-corrected chi connectivity index (χ0v) is 12.2. The van der Waals surface area contributed by atoms with E-state index in [1.165, 1.54) is 18.3 Å². The zero-order valence-electron chi connectivity index (χ0n) is 11.4. The quantitative estimate of drug-likeness (QED) is 0.758. The second kappa shape index (κ2) is 5.58. The molecule has 118 valence electrons. The molecule has 0 atom stereocenters. The number of hydrogen-bond donors (Lipinski definition) is 1. The number of amides is 1. The van der Waals surface area contributed by atoms with Gasteiger partial charge < -0.3 is 9.72 Å². The molecule has 1 amide bonds. The normalized spacial score (nSPS) is 11.7. The number of halogens is 4. The van der Waals surface area contributed by atoms with Gasteiger partial charge in [-0.15, -0.1) is 0 Å². The number of hydrogen-bond acceptors (Lipinski definition) is 2. The highest BCUT2D eigenvalue weighted by atomic mass is 35.5. The van der Waals surface area contributed by atoms with E-state index in [1.807, 2.05) is 0 Å². The van der Waals surface area contributed by atoms with Gasteiger partial charge in [-0.25, -0.2) is 4.98 Å². The van der Waals surface area contributed by atoms with Crippen LogP contribution < -0.4 is 5.32 Å². The summed E-state index contributed by atoms with van der Waals surface area (Å²) in [5.41, 5.74) is 0.134. The van der Waals surface area contributed by atoms with Crippen molar-refractivity contribution in [2.45, 2.75) is 6.18 Å². The van der Waals surface area contributed by atoms with Gasteiger partial charge in [-0.3, -0.25) is 4.79 Å². The number of alkyl halides is 3. The van der Waals surface area contributed by atoms with Crippen LogP contribution in [0.2, 0.25) is 5.02 Å². The lowest BCUT2D eigenvalue weighted by atomic mass is 10.2. The molecule has 0 spiro atoms. The average Bonchev–Trinajstić information content (AvgIpc) is 2.90. The molecule has 0 aliphatic carbocycles. The zero-order chi connectivity index (χ0) is 16.6. The lowest BCUT2D eigenvalue weighted by Gasteiger charge is -2.08. The van der Waals surface area contributed by atoms with E-state index >= 15 is 0 Å². The van der Waals surface area contributed by atoms with E-state index in [0.29, 0.717) is 10.7 Å². The molecule has 3 aromatic rings. The first-order valence-corrected chi connectivity index (χ1v) is 6.83. The summed E-state index contributed by atoms with van der Waals surface area (Å²) in [6.07, 6.45) is -1.33. The number of fused-ring (bicyclic) bond motifs is 1. The molecule has 0 saturated carbocycles. The van der Waals surface area contributed by atoms with Gasteiger partial charge in [-0.1, -0.05) is 11.6 Å². The molecule has 2 aromatic heterocycles. The Hall–Kier alpha value is -2.54. The number of imidazole rings is 1. The van der Waals surface area contributed by atoms with Crippen molar-refractivity contribution in [1.29, 1.82) is 0 Å². The van der Waals surface area contributed by atoms with Crippen LogP contribution >= 0.6 is 11.6 Å². The molecule has 0 saturated heterocycles. The molecule has 4 nitrogen and oxygen atoms in total. The number of carbonyl (C=O) groups excluding carboxylic acids is 1. The Morgan fingerprint density at radius 1 is 1.09 bits per heavy atom. The second-order valence-corrected chi connectivity index (χ2v) is 5.20. The molecule has 8 heteroatoms. The first-order chi connectivity index (χ1) is 10.8. The van der Waals surface area contributed by atoms with Gasteiger partial charge in [-0.05, 0) is 36.4 Å². The number of nitrogens with zero attached hydrogens (tertiary/aromatic N) is 2. The van der Waals surface area contributed by atoms with Crippen LogP contribution in [0, 0.1) is 0 Å². The fraction of sp³-hybridized carbons (Fsp3) is 0.0667. The number of benzene rings is 1. The van der Waals surface area contributed by atoms with Gasteiger partial charge in [0.05, 0.1) is 10.6 Å². The number of anilines is 1. The van der Waals surface area contributed by atoms with Crippen LogP contribution in [0.25, 0.3) is 5.65 Å². The van der Waals surface area contributed by atoms with E-state index in [-0.39, 0.29) is 11.4 Å². The van der Waals surface area contributed by atoms with Gasteiger partial charge in [0.1, 0.15) is 11.3 Å². The third-order valence-electron chi connectivity index (χ3n) is 3.12. The Labute approximate surface area is 133 Å². The number of pyridine rings is 1. The summed E-state index contributed by atoms with van der Waals surface area (Å²) in [5.74, 6) is -0.524. The molecular formula is C15H9ClF3N3O. The predicted octanol–water partition coefficient (Wildman–Crippen LogP) is 4.26. The third kappa shape index (κ3) is 3.29. The van der Waals surface area contributed by atoms with E-state index < -0.39 is 17.6 Å². The topological polar surface area (TPSA) is 46.4 Å². The number of rotatable bonds is 2. The van der Waals surface area contributed by atoms with Crippen molar-refractivity contribution >= 4 is 28.8 Å². The summed E-state index contributed by atoms with van der Waals surface area (Å²) in [5, 5.41) is 2.99. The molecule has 0 fully saturated rings. The van der Waals surface area contributed by atoms with Crippen LogP contribution in [-0.4, -0.2) is 15.3 Å². The van der Waals surface area contributed by atoms with Gasteiger partial charge in [0.25, 0.3) is 5.91 Å². The minimum Gasteiger partial charge on any atom is -0.321 e. The van der Waals surface area contributed by atoms with E-state index in [1.54, 1.807) is 22.7 Å². The smallest absolute Gasteiger partial charge is 0.321 e. The average molecular weight is 340 g/mol. The van der Waals surface area contributed by atoms with Crippen molar-refractivity contribution in [1.82, 2.24) is 9.38 Å². The third-order valence-corrected chi connectivity index (χ3v) is 3.34. The predicted molar refractivity (Wildman–Crippen MR) is 79.6 cm³/mol. The van der Waals surface area contributed by atoms with Crippen molar-refractivity contribution in [3.63, 3.8) is 0 Å². The van der Waals surface area contributed by atoms with Gasteiger partial charge in [-0.2, -0.15) is 13.2 Å². The first-order valence-electron chi connectivity index (χ1n) is 6.46. The Bertz CT molecular complexity index is 872. The van der Waals surface area contributed by atoms with Gasteiger partial charge in [0.15, 0.2) is 0 Å². The van der Waals surface area contributed by atoms with Crippen LogP contribution in [0.5, 0.6) is 0 Å². The molecule has 0 radical (unpaired) electrons. The summed E-state index contributed by atoms with van der Waals surface area (Å²) in [6, 6.07) is 7.47. The SMILES string of the molecule is O=C(Nc1ccc(C(F)(F)F)cc1)c1cn2cc(Cl)ccc2n1. The van der Waals surface area contributed by atoms with Gasteiger partial charge in [0.2, 0.25) is 0 Å². The molecule has 0 aliphatic heterocycles. The summed E-state index contributed by atoms with van der Waals surface area (Å²) in [7, 11) is 0. The highest BCUT2D eigenvalue weighted by Crippen LogP contribution is 2.29. The van der Waals surface area contributed by atoms with Crippen molar-refractivity contribution in [3.8, 4) is 0 Å². The fourth-order valence-electron chi connectivity index (χ4n) is 2.01. The lowest BCUT2D eigenvalue weighted by molar-refractivity contribution is -0.137. The highest BCUT2D eigenvalue weighted by Gasteiger charge is 2.30. The van der Waals surface area contributed by atoms with Crippen molar-refractivity contribution in [2.75, 3.05) is 5.32 Å². The lowest BCUT2D eigenvalue weighted by Crippen LogP contribution is -2.12. The van der Waals surface area contributed by atoms with Crippen LogP contribution in [0.1, 0.15) is 16.1 Å². The molecule has 1 aromatic carbocycles. The molecular weight excluding hydrogens is 331 g/mol. The van der Waals surface area contributed by atoms with Gasteiger partial charge >= 0.3 is 6.18 Å². The minimum atomic E-state index is -4.41. The number of carbonyl (C=O) groups is 1. The molecule has 0 unspecified atom stereocenters. The van der Waals surface area contributed by atoms with Crippen molar-refractivity contribution in [3.05, 3.63) is 65.1 Å². The maximum Gasteiger partial charge on any atom is 0.416 e. The number of nitrogens with one attached hydrogen (secondary N) is 1. The van der Waals surface area contributed by atoms with Crippen LogP contribution in [0.4, 0.5) is 18.9 Å². The van der Waals surface area contributed by atoms with Crippen LogP contribution in [0.3, 0.4) is 0 Å². The monoisotopic (exact) mass is 339 g/mol. The largest absolute Gasteiger partial charge is 0.416 e. The Balaban J connectivity index is 1.80. The Kier molecular flexibility index (Phi) is 3.73. The maximum atomic E-state index is 12.5. The van der Waals surface area contributed by atoms with Crippen molar-refractivity contribution in [2.24, 2.45) is 0 Å². The molecule has 23 heavy (non-hydrogen) atoms. The molecule has 0 bridgehead atoms. The molecule has 3 rings (SSSR count). The minimum absolute atomic E-state index is 0.132. The Morgan fingerprint density at radius 2 is 1.78 bits per heavy atom. The van der Waals surface area contributed by atoms with E-state index in [9.17, 15) is 18.0 Å². The highest BCUT2D eigenvalue weighted by molar-refractivity contribution is 6.30. The summed E-state index contributed by atoms with van der Waals surface area (Å²) >= 11 is 5.85. The summed E-state index contributed by atoms with van der Waals surface area (Å²) in [6.45, 7) is 0. The van der Waals surface area contributed by atoms with E-state index in [0.717, 1.165) is 12.1 Å². The van der Waals surface area contributed by atoms with E-state index in [4.69, 9.17) is 11.6 Å². The second-order valence-electron chi connectivity index (χ2n) is 4.77. The Morgan fingerprint density at radius 3 is 2.43 bits per heavy atom. The maximum absolute atomic E-state index is 12.5. The molecule has 0 aliphatic rings. The number of aromatic nitrogens is 2. The van der Waals surface area contributed by atoms with Crippen LogP contribution in [0.15, 0.2) is 48.8 Å². The fourth-order valence-corrected chi connectivity index (χ4v) is 2.18. The van der Waals surface area contributed by atoms with E-state index in [2.05, 4.69) is 10.3 Å². The summed E-state index contributed by atoms with van der Waals surface area (Å²) in [4.78, 5) is 16.2.